The molecule has 0 aliphatic carbocycles. The number of nitrogens with zero attached hydrogens (tertiary/aromatic N) is 5. The molecule has 11 heteroatoms. The topological polar surface area (TPSA) is 138 Å². The molecule has 2 aliphatic heterocycles. The van der Waals surface area contributed by atoms with Crippen molar-refractivity contribution in [2.24, 2.45) is 5.11 Å². The number of ether oxygens (including phenoxy) is 1. The number of hydrogen-bond acceptors (Lipinski definition) is 8. The van der Waals surface area contributed by atoms with Crippen LogP contribution in [0.1, 0.15) is 19.1 Å². The van der Waals surface area contributed by atoms with Crippen LogP contribution in [0.25, 0.3) is 0 Å². The van der Waals surface area contributed by atoms with Crippen molar-refractivity contribution in [3.05, 3.63) is 22.7 Å². The van der Waals surface area contributed by atoms with Crippen molar-refractivity contribution in [2.45, 2.75) is 37.1 Å². The highest BCUT2D eigenvalue weighted by molar-refractivity contribution is 5.37. The SMILES string of the molecule is N=[N+]=N[C@]1(CO)O[C@@H](n2ccc(N3CCCC3)nc2=O)[C@@H](F)[C@@H]1O. The molecule has 0 radical (unpaired) electrons. The van der Waals surface area contributed by atoms with E-state index in [0.29, 0.717) is 5.82 Å². The Labute approximate surface area is 135 Å². The number of halogens is 1. The third kappa shape index (κ3) is 2.61. The molecular weight excluding hydrogens is 323 g/mol. The fraction of sp³-hybridized carbons (Fsp3) is 0.692. The number of hydrogen-bond donors (Lipinski definition) is 3. The Balaban J connectivity index is 1.91. The first-order valence-electron chi connectivity index (χ1n) is 7.56. The highest BCUT2D eigenvalue weighted by Crippen LogP contribution is 2.39. The molecule has 0 saturated carbocycles. The van der Waals surface area contributed by atoms with E-state index >= 15 is 0 Å². The van der Waals surface area contributed by atoms with Gasteiger partial charge in [0.2, 0.25) is 4.91 Å². The lowest BCUT2D eigenvalue weighted by atomic mass is 10.1. The molecule has 2 saturated heterocycles. The van der Waals surface area contributed by atoms with Gasteiger partial charge in [0, 0.05) is 19.3 Å². The van der Waals surface area contributed by atoms with Crippen molar-refractivity contribution >= 4 is 5.82 Å². The minimum absolute atomic E-state index is 0.502. The summed E-state index contributed by atoms with van der Waals surface area (Å²) < 4.78 is 20.5. The number of nitrogens with one attached hydrogen (secondary N) is 1. The zero-order valence-electron chi connectivity index (χ0n) is 12.7. The molecule has 130 valence electrons. The molecule has 2 fully saturated rings. The third-order valence-electron chi connectivity index (χ3n) is 4.33. The number of anilines is 1. The molecule has 0 aromatic carbocycles. The Morgan fingerprint density at radius 3 is 2.83 bits per heavy atom. The Morgan fingerprint density at radius 2 is 2.25 bits per heavy atom. The van der Waals surface area contributed by atoms with Gasteiger partial charge in [-0.1, -0.05) is 0 Å². The molecule has 3 heterocycles. The summed E-state index contributed by atoms with van der Waals surface area (Å²) in [5.41, 5.74) is 3.88. The smallest absolute Gasteiger partial charge is 0.351 e. The van der Waals surface area contributed by atoms with Gasteiger partial charge >= 0.3 is 5.69 Å². The Hall–Kier alpha value is -2.20. The maximum atomic E-state index is 14.4. The van der Waals surface area contributed by atoms with Crippen molar-refractivity contribution in [3.8, 4) is 0 Å². The second-order valence-corrected chi connectivity index (χ2v) is 5.77. The van der Waals surface area contributed by atoms with Gasteiger partial charge in [0.05, 0.1) is 0 Å². The van der Waals surface area contributed by atoms with Crippen LogP contribution in [0.5, 0.6) is 0 Å². The molecule has 1 aromatic rings. The Morgan fingerprint density at radius 1 is 1.54 bits per heavy atom. The van der Waals surface area contributed by atoms with Crippen LogP contribution in [-0.4, -0.2) is 57.5 Å². The lowest BCUT2D eigenvalue weighted by Crippen LogP contribution is -2.43. The second kappa shape index (κ2) is 6.36. The molecule has 1 aromatic heterocycles. The number of aromatic nitrogens is 2. The van der Waals surface area contributed by atoms with Gasteiger partial charge < -0.3 is 19.8 Å². The first-order valence-corrected chi connectivity index (χ1v) is 7.56. The van der Waals surface area contributed by atoms with Crippen LogP contribution in [0.15, 0.2) is 22.2 Å². The molecule has 4 atom stereocenters. The summed E-state index contributed by atoms with van der Waals surface area (Å²) in [6.45, 7) is 0.720. The van der Waals surface area contributed by atoms with Gasteiger partial charge in [0.1, 0.15) is 24.1 Å². The Kier molecular flexibility index (Phi) is 4.41. The van der Waals surface area contributed by atoms with Crippen LogP contribution in [0.3, 0.4) is 0 Å². The van der Waals surface area contributed by atoms with Crippen LogP contribution in [0, 0.1) is 5.53 Å². The van der Waals surface area contributed by atoms with Crippen molar-refractivity contribution < 1.29 is 19.3 Å². The third-order valence-corrected chi connectivity index (χ3v) is 4.33. The summed E-state index contributed by atoms with van der Waals surface area (Å²) >= 11 is 0. The minimum atomic E-state index is -2.11. The fourth-order valence-electron chi connectivity index (χ4n) is 3.01. The van der Waals surface area contributed by atoms with E-state index in [1.165, 1.54) is 6.20 Å². The highest BCUT2D eigenvalue weighted by Gasteiger charge is 2.60. The first-order chi connectivity index (χ1) is 11.5. The lowest BCUT2D eigenvalue weighted by molar-refractivity contribution is -0.128. The summed E-state index contributed by atoms with van der Waals surface area (Å²) in [5, 5.41) is 22.6. The largest absolute Gasteiger partial charge is 0.391 e. The number of aliphatic hydroxyl groups is 2. The fourth-order valence-corrected chi connectivity index (χ4v) is 3.01. The van der Waals surface area contributed by atoms with Crippen molar-refractivity contribution in [2.75, 3.05) is 24.6 Å². The number of aliphatic hydroxyl groups excluding tert-OH is 2. The van der Waals surface area contributed by atoms with Crippen molar-refractivity contribution in [1.29, 1.82) is 5.53 Å². The van der Waals surface area contributed by atoms with E-state index in [2.05, 4.69) is 15.0 Å². The molecule has 10 nitrogen and oxygen atoms in total. The first kappa shape index (κ1) is 16.7. The summed E-state index contributed by atoms with van der Waals surface area (Å²) in [7, 11) is 0. The van der Waals surface area contributed by atoms with Crippen molar-refractivity contribution in [1.82, 2.24) is 14.5 Å². The minimum Gasteiger partial charge on any atom is -0.391 e. The zero-order chi connectivity index (χ0) is 17.3. The summed E-state index contributed by atoms with van der Waals surface area (Å²) in [6, 6.07) is 1.57. The van der Waals surface area contributed by atoms with E-state index < -0.39 is 36.5 Å². The molecule has 3 rings (SSSR count). The van der Waals surface area contributed by atoms with Crippen LogP contribution < -0.4 is 15.5 Å². The predicted molar refractivity (Wildman–Crippen MR) is 78.1 cm³/mol. The van der Waals surface area contributed by atoms with Gasteiger partial charge in [-0.25, -0.2) is 9.18 Å². The average Bonchev–Trinajstić information content (AvgIpc) is 3.19. The maximum Gasteiger partial charge on any atom is 0.351 e. The Bertz CT molecular complexity index is 717. The van der Waals surface area contributed by atoms with E-state index in [0.717, 1.165) is 30.5 Å². The predicted octanol–water partition coefficient (Wildman–Crippen LogP) is -0.690. The van der Waals surface area contributed by atoms with Gasteiger partial charge in [-0.2, -0.15) is 4.98 Å². The monoisotopic (exact) mass is 341 g/mol. The summed E-state index contributed by atoms with van der Waals surface area (Å²) in [6.07, 6.45) is -2.06. The van der Waals surface area contributed by atoms with Crippen LogP contribution in [0.2, 0.25) is 0 Å². The highest BCUT2D eigenvalue weighted by atomic mass is 19.1. The van der Waals surface area contributed by atoms with Crippen molar-refractivity contribution in [3.63, 3.8) is 0 Å². The molecule has 0 spiro atoms. The van der Waals surface area contributed by atoms with Gasteiger partial charge in [-0.05, 0) is 18.9 Å². The van der Waals surface area contributed by atoms with Crippen LogP contribution in [-0.2, 0) is 4.74 Å². The van der Waals surface area contributed by atoms with Crippen LogP contribution in [0.4, 0.5) is 10.2 Å². The number of alkyl halides is 1. The number of rotatable bonds is 4. The second-order valence-electron chi connectivity index (χ2n) is 5.77. The lowest BCUT2D eigenvalue weighted by Gasteiger charge is -2.20. The van der Waals surface area contributed by atoms with Gasteiger partial charge in [0.15, 0.2) is 17.5 Å². The van der Waals surface area contributed by atoms with E-state index in [1.807, 2.05) is 4.90 Å². The molecule has 0 bridgehead atoms. The standard InChI is InChI=1S/C13H18FN6O4/c14-9-10(22)13(7-21,17-18-15)24-11(9)20-6-3-8(16-12(20)23)19-4-1-2-5-19/h3,6,9-11,15,21-22H,1-2,4-5,7H2/q+1/t9-,10-,11+,13+/m0/s1. The normalized spacial score (nSPS) is 32.8. The molecule has 3 N–H and O–H groups in total. The molecule has 0 unspecified atom stereocenters. The van der Waals surface area contributed by atoms with Gasteiger partial charge in [-0.3, -0.25) is 4.57 Å². The molecule has 0 amide bonds. The molecule has 2 aliphatic rings. The molecular formula is C13H18FN6O4+. The van der Waals surface area contributed by atoms with Crippen LogP contribution >= 0.6 is 0 Å². The van der Waals surface area contributed by atoms with E-state index in [-0.39, 0.29) is 0 Å². The summed E-state index contributed by atoms with van der Waals surface area (Å²) in [5.74, 6) is 0.502. The average molecular weight is 341 g/mol. The van der Waals surface area contributed by atoms with Gasteiger partial charge in [0.25, 0.3) is 5.72 Å². The van der Waals surface area contributed by atoms with Gasteiger partial charge in [-0.15, -0.1) is 0 Å². The van der Waals surface area contributed by atoms with E-state index in [9.17, 15) is 19.4 Å². The van der Waals surface area contributed by atoms with E-state index in [4.69, 9.17) is 10.3 Å². The zero-order valence-corrected chi connectivity index (χ0v) is 12.7. The summed E-state index contributed by atoms with van der Waals surface area (Å²) in [4.78, 5) is 20.8. The maximum absolute atomic E-state index is 14.4. The quantitative estimate of drug-likeness (QED) is 0.489. The van der Waals surface area contributed by atoms with E-state index in [1.54, 1.807) is 6.07 Å². The molecule has 24 heavy (non-hydrogen) atoms.